The van der Waals surface area contributed by atoms with Gasteiger partial charge in [0.15, 0.2) is 0 Å². The van der Waals surface area contributed by atoms with Gasteiger partial charge in [-0.3, -0.25) is 14.5 Å². The molecule has 1 fully saturated rings. The van der Waals surface area contributed by atoms with Crippen LogP contribution in [0.1, 0.15) is 20.8 Å². The summed E-state index contributed by atoms with van der Waals surface area (Å²) < 4.78 is 4.85. The van der Waals surface area contributed by atoms with Gasteiger partial charge in [-0.25, -0.2) is 0 Å². The van der Waals surface area contributed by atoms with E-state index in [9.17, 15) is 9.59 Å². The number of amides is 2. The quantitative estimate of drug-likeness (QED) is 0.742. The van der Waals surface area contributed by atoms with Crippen molar-refractivity contribution in [3.05, 3.63) is 0 Å². The summed E-state index contributed by atoms with van der Waals surface area (Å²) in [6.45, 7) is 9.67. The van der Waals surface area contributed by atoms with Crippen molar-refractivity contribution in [2.45, 2.75) is 26.8 Å². The van der Waals surface area contributed by atoms with Crippen LogP contribution in [-0.2, 0) is 14.3 Å². The highest BCUT2D eigenvalue weighted by Gasteiger charge is 2.27. The van der Waals surface area contributed by atoms with Crippen LogP contribution in [0.5, 0.6) is 0 Å². The normalized spacial score (nSPS) is 18.1. The zero-order chi connectivity index (χ0) is 15.1. The van der Waals surface area contributed by atoms with Crippen LogP contribution in [0.25, 0.3) is 0 Å². The second-order valence-corrected chi connectivity index (χ2v) is 5.66. The van der Waals surface area contributed by atoms with E-state index in [1.54, 1.807) is 4.90 Å². The Morgan fingerprint density at radius 1 is 1.15 bits per heavy atom. The molecule has 1 aliphatic heterocycles. The Kier molecular flexibility index (Phi) is 6.95. The van der Waals surface area contributed by atoms with E-state index in [4.69, 9.17) is 4.74 Å². The minimum Gasteiger partial charge on any atom is -0.375 e. The highest BCUT2D eigenvalue weighted by Crippen LogP contribution is 2.07. The van der Waals surface area contributed by atoms with E-state index in [-0.39, 0.29) is 24.5 Å². The average Bonchev–Trinajstić information content (AvgIpc) is 2.44. The molecule has 1 unspecified atom stereocenters. The summed E-state index contributed by atoms with van der Waals surface area (Å²) in [6, 6.07) is -0.145. The molecule has 6 nitrogen and oxygen atoms in total. The summed E-state index contributed by atoms with van der Waals surface area (Å²) in [7, 11) is 1.52. The van der Waals surface area contributed by atoms with Crippen molar-refractivity contribution in [3.8, 4) is 0 Å². The fourth-order valence-electron chi connectivity index (χ4n) is 2.19. The van der Waals surface area contributed by atoms with Crippen molar-refractivity contribution in [2.75, 3.05) is 46.4 Å². The Morgan fingerprint density at radius 3 is 2.25 bits per heavy atom. The molecule has 1 N–H and O–H groups in total. The van der Waals surface area contributed by atoms with Gasteiger partial charge in [0, 0.05) is 39.8 Å². The molecule has 2 amide bonds. The van der Waals surface area contributed by atoms with Gasteiger partial charge in [-0.05, 0) is 12.8 Å². The Hall–Kier alpha value is -1.14. The largest absolute Gasteiger partial charge is 0.375 e. The molecule has 1 aliphatic rings. The molecule has 20 heavy (non-hydrogen) atoms. The molecule has 0 aromatic heterocycles. The van der Waals surface area contributed by atoms with E-state index < -0.39 is 0 Å². The maximum absolute atomic E-state index is 12.0. The van der Waals surface area contributed by atoms with Gasteiger partial charge in [0.1, 0.15) is 6.61 Å². The monoisotopic (exact) mass is 285 g/mol. The number of hydrogen-bond donors (Lipinski definition) is 1. The summed E-state index contributed by atoms with van der Waals surface area (Å²) in [4.78, 5) is 27.6. The second-order valence-electron chi connectivity index (χ2n) is 5.66. The maximum Gasteiger partial charge on any atom is 0.248 e. The SMILES string of the molecule is COCC(=O)N1CCN(C(C)C(=O)NCC(C)C)CC1. The lowest BCUT2D eigenvalue weighted by molar-refractivity contribution is -0.137. The fourth-order valence-corrected chi connectivity index (χ4v) is 2.19. The predicted octanol–water partition coefficient (Wildman–Crippen LogP) is -0.0623. The number of hydrogen-bond acceptors (Lipinski definition) is 4. The van der Waals surface area contributed by atoms with E-state index in [0.29, 0.717) is 25.6 Å². The van der Waals surface area contributed by atoms with E-state index in [1.165, 1.54) is 7.11 Å². The van der Waals surface area contributed by atoms with Crippen LogP contribution in [0.15, 0.2) is 0 Å². The summed E-state index contributed by atoms with van der Waals surface area (Å²) in [6.07, 6.45) is 0. The van der Waals surface area contributed by atoms with Crippen LogP contribution in [0.2, 0.25) is 0 Å². The fraction of sp³-hybridized carbons (Fsp3) is 0.857. The molecule has 6 heteroatoms. The summed E-state index contributed by atoms with van der Waals surface area (Å²) in [5, 5.41) is 2.95. The Balaban J connectivity index is 2.36. The molecule has 0 radical (unpaired) electrons. The third-order valence-electron chi connectivity index (χ3n) is 3.55. The van der Waals surface area contributed by atoms with Gasteiger partial charge in [-0.1, -0.05) is 13.8 Å². The lowest BCUT2D eigenvalue weighted by Gasteiger charge is -2.37. The van der Waals surface area contributed by atoms with Crippen molar-refractivity contribution in [2.24, 2.45) is 5.92 Å². The van der Waals surface area contributed by atoms with Crippen LogP contribution in [-0.4, -0.2) is 74.1 Å². The first-order valence-corrected chi connectivity index (χ1v) is 7.24. The van der Waals surface area contributed by atoms with Crippen LogP contribution < -0.4 is 5.32 Å². The highest BCUT2D eigenvalue weighted by molar-refractivity contribution is 5.81. The minimum atomic E-state index is -0.145. The van der Waals surface area contributed by atoms with Gasteiger partial charge in [0.2, 0.25) is 11.8 Å². The minimum absolute atomic E-state index is 0.0177. The molecule has 116 valence electrons. The maximum atomic E-state index is 12.0. The van der Waals surface area contributed by atoms with Gasteiger partial charge in [-0.15, -0.1) is 0 Å². The highest BCUT2D eigenvalue weighted by atomic mass is 16.5. The van der Waals surface area contributed by atoms with Crippen molar-refractivity contribution in [1.82, 2.24) is 15.1 Å². The molecule has 0 spiro atoms. The first-order chi connectivity index (χ1) is 9.45. The number of methoxy groups -OCH3 is 1. The third-order valence-corrected chi connectivity index (χ3v) is 3.55. The molecule has 1 saturated heterocycles. The topological polar surface area (TPSA) is 61.9 Å². The first-order valence-electron chi connectivity index (χ1n) is 7.24. The Labute approximate surface area is 121 Å². The molecule has 0 saturated carbocycles. The summed E-state index contributed by atoms with van der Waals surface area (Å²) in [5.74, 6) is 0.536. The van der Waals surface area contributed by atoms with E-state index >= 15 is 0 Å². The average molecular weight is 285 g/mol. The predicted molar refractivity (Wildman–Crippen MR) is 77.3 cm³/mol. The lowest BCUT2D eigenvalue weighted by atomic mass is 10.2. The Morgan fingerprint density at radius 2 is 1.75 bits per heavy atom. The van der Waals surface area contributed by atoms with Gasteiger partial charge in [-0.2, -0.15) is 0 Å². The molecule has 0 bridgehead atoms. The van der Waals surface area contributed by atoms with Crippen LogP contribution >= 0.6 is 0 Å². The van der Waals surface area contributed by atoms with Crippen molar-refractivity contribution < 1.29 is 14.3 Å². The van der Waals surface area contributed by atoms with Gasteiger partial charge < -0.3 is 15.0 Å². The first kappa shape index (κ1) is 16.9. The number of ether oxygens (including phenoxy) is 1. The van der Waals surface area contributed by atoms with Crippen LogP contribution in [0, 0.1) is 5.92 Å². The number of piperazine rings is 1. The molecular formula is C14H27N3O3. The van der Waals surface area contributed by atoms with Crippen LogP contribution in [0.4, 0.5) is 0 Å². The molecule has 1 atom stereocenters. The smallest absolute Gasteiger partial charge is 0.248 e. The standard InChI is InChI=1S/C14H27N3O3/c1-11(2)9-15-14(19)12(3)16-5-7-17(8-6-16)13(18)10-20-4/h11-12H,5-10H2,1-4H3,(H,15,19). The van der Waals surface area contributed by atoms with Gasteiger partial charge >= 0.3 is 0 Å². The summed E-state index contributed by atoms with van der Waals surface area (Å²) in [5.41, 5.74) is 0. The zero-order valence-electron chi connectivity index (χ0n) is 13.0. The number of carbonyl (C=O) groups excluding carboxylic acids is 2. The Bertz CT molecular complexity index is 326. The molecule has 0 aromatic carbocycles. The second kappa shape index (κ2) is 8.21. The number of nitrogens with one attached hydrogen (secondary N) is 1. The number of carbonyl (C=O) groups is 2. The molecule has 0 aromatic rings. The van der Waals surface area contributed by atoms with Gasteiger partial charge in [0.05, 0.1) is 6.04 Å². The number of nitrogens with zero attached hydrogens (tertiary/aromatic N) is 2. The van der Waals surface area contributed by atoms with E-state index in [0.717, 1.165) is 13.1 Å². The molecule has 1 rings (SSSR count). The molecule has 0 aliphatic carbocycles. The van der Waals surface area contributed by atoms with E-state index in [1.807, 2.05) is 6.92 Å². The van der Waals surface area contributed by atoms with E-state index in [2.05, 4.69) is 24.1 Å². The lowest BCUT2D eigenvalue weighted by Crippen LogP contribution is -2.55. The van der Waals surface area contributed by atoms with Gasteiger partial charge in [0.25, 0.3) is 0 Å². The molecule has 1 heterocycles. The van der Waals surface area contributed by atoms with Crippen molar-refractivity contribution >= 4 is 11.8 Å². The molecular weight excluding hydrogens is 258 g/mol. The number of rotatable bonds is 6. The van der Waals surface area contributed by atoms with Crippen molar-refractivity contribution in [1.29, 1.82) is 0 Å². The van der Waals surface area contributed by atoms with Crippen LogP contribution in [0.3, 0.4) is 0 Å². The zero-order valence-corrected chi connectivity index (χ0v) is 13.0. The third kappa shape index (κ3) is 5.09. The van der Waals surface area contributed by atoms with Crippen molar-refractivity contribution in [3.63, 3.8) is 0 Å². The summed E-state index contributed by atoms with van der Waals surface area (Å²) >= 11 is 0.